The summed E-state index contributed by atoms with van der Waals surface area (Å²) < 4.78 is 20.5. The Bertz CT molecular complexity index is 771. The van der Waals surface area contributed by atoms with Gasteiger partial charge in [-0.1, -0.05) is 78.3 Å². The van der Waals surface area contributed by atoms with Gasteiger partial charge in [0.25, 0.3) is 0 Å². The lowest BCUT2D eigenvalue weighted by molar-refractivity contribution is -0.114. The van der Waals surface area contributed by atoms with Gasteiger partial charge in [-0.05, 0) is 17.2 Å². The Kier molecular flexibility index (Phi) is 4.93. The first-order valence-electron chi connectivity index (χ1n) is 7.61. The van der Waals surface area contributed by atoms with Crippen LogP contribution >= 0.6 is 11.6 Å². The van der Waals surface area contributed by atoms with Gasteiger partial charge < -0.3 is 9.53 Å². The minimum Gasteiger partial charge on any atom is -0.350 e. The van der Waals surface area contributed by atoms with Gasteiger partial charge in [-0.25, -0.2) is 4.39 Å². The third kappa shape index (κ3) is 3.18. The molecule has 0 aliphatic heterocycles. The van der Waals surface area contributed by atoms with Crippen molar-refractivity contribution < 1.29 is 13.9 Å². The van der Waals surface area contributed by atoms with Crippen LogP contribution in [0.5, 0.6) is 0 Å². The first-order valence-corrected chi connectivity index (χ1v) is 7.99. The summed E-state index contributed by atoms with van der Waals surface area (Å²) in [5, 5.41) is -1.59. The number of hydrogen-bond acceptors (Lipinski definition) is 2. The quantitative estimate of drug-likeness (QED) is 0.570. The molecule has 2 atom stereocenters. The van der Waals surface area contributed by atoms with Crippen molar-refractivity contribution in [2.75, 3.05) is 0 Å². The minimum atomic E-state index is -1.59. The molecule has 0 spiro atoms. The van der Waals surface area contributed by atoms with Gasteiger partial charge in [0.2, 0.25) is 0 Å². The van der Waals surface area contributed by atoms with Crippen molar-refractivity contribution in [1.82, 2.24) is 0 Å². The lowest BCUT2D eigenvalue weighted by Gasteiger charge is -2.35. The number of carbonyl (C=O) groups is 1. The van der Waals surface area contributed by atoms with Crippen molar-refractivity contribution in [3.8, 4) is 0 Å². The second-order valence-corrected chi connectivity index (χ2v) is 6.09. The number of aldehydes is 1. The van der Waals surface area contributed by atoms with E-state index in [1.54, 1.807) is 24.3 Å². The van der Waals surface area contributed by atoms with Gasteiger partial charge in [-0.2, -0.15) is 0 Å². The van der Waals surface area contributed by atoms with Crippen molar-refractivity contribution in [3.63, 3.8) is 0 Å². The summed E-state index contributed by atoms with van der Waals surface area (Å²) in [6.45, 7) is 0.173. The van der Waals surface area contributed by atoms with Crippen molar-refractivity contribution in [3.05, 3.63) is 89.8 Å². The average Bonchev–Trinajstić information content (AvgIpc) is 2.62. The molecule has 0 radical (unpaired) electrons. The number of ether oxygens (including phenoxy) is 1. The van der Waals surface area contributed by atoms with Gasteiger partial charge in [0, 0.05) is 5.57 Å². The summed E-state index contributed by atoms with van der Waals surface area (Å²) in [6, 6.07) is 18.3. The second-order valence-electron chi connectivity index (χ2n) is 5.53. The van der Waals surface area contributed by atoms with E-state index < -0.39 is 16.8 Å². The molecular weight excluding hydrogens is 327 g/mol. The average molecular weight is 343 g/mol. The molecule has 0 bridgehead atoms. The molecule has 1 aliphatic rings. The van der Waals surface area contributed by atoms with Gasteiger partial charge in [0.1, 0.15) is 12.1 Å². The van der Waals surface area contributed by atoms with Gasteiger partial charge in [0.05, 0.1) is 12.5 Å². The van der Waals surface area contributed by atoms with Crippen LogP contribution in [0.15, 0.2) is 78.6 Å². The molecule has 0 aromatic heterocycles. The Morgan fingerprint density at radius 1 is 1.08 bits per heavy atom. The molecule has 24 heavy (non-hydrogen) atoms. The fourth-order valence-electron chi connectivity index (χ4n) is 2.73. The van der Waals surface area contributed by atoms with E-state index in [1.807, 2.05) is 36.4 Å². The predicted octanol–water partition coefficient (Wildman–Crippen LogP) is 4.90. The van der Waals surface area contributed by atoms with Crippen molar-refractivity contribution in [2.45, 2.75) is 11.7 Å². The summed E-state index contributed by atoms with van der Waals surface area (Å²) >= 11 is 6.68. The highest BCUT2D eigenvalue weighted by Crippen LogP contribution is 2.46. The molecule has 0 amide bonds. The molecule has 2 aromatic carbocycles. The summed E-state index contributed by atoms with van der Waals surface area (Å²) in [6.07, 6.45) is 3.39. The van der Waals surface area contributed by atoms with E-state index in [2.05, 4.69) is 0 Å². The Balaban J connectivity index is 1.99. The summed E-state index contributed by atoms with van der Waals surface area (Å²) in [4.78, 5) is 11.5. The highest BCUT2D eigenvalue weighted by Gasteiger charge is 2.45. The second kappa shape index (κ2) is 7.12. The number of allylic oxidation sites excluding steroid dienone is 2. The maximum Gasteiger partial charge on any atom is 0.184 e. The summed E-state index contributed by atoms with van der Waals surface area (Å²) in [7, 11) is 0. The molecule has 1 aliphatic carbocycles. The summed E-state index contributed by atoms with van der Waals surface area (Å²) in [5.74, 6) is -1.28. The number of halogens is 2. The predicted molar refractivity (Wildman–Crippen MR) is 93.0 cm³/mol. The Hall–Kier alpha value is -2.23. The van der Waals surface area contributed by atoms with Crippen LogP contribution in [0.1, 0.15) is 11.1 Å². The minimum absolute atomic E-state index is 0.173. The molecule has 2 unspecified atom stereocenters. The van der Waals surface area contributed by atoms with Crippen LogP contribution in [-0.2, 0) is 16.1 Å². The Morgan fingerprint density at radius 3 is 2.33 bits per heavy atom. The Labute approximate surface area is 145 Å². The fraction of sp³-hybridized carbons (Fsp3) is 0.150. The molecule has 0 saturated carbocycles. The molecule has 0 fully saturated rings. The van der Waals surface area contributed by atoms with E-state index in [1.165, 1.54) is 12.2 Å². The van der Waals surface area contributed by atoms with E-state index in [-0.39, 0.29) is 12.2 Å². The number of rotatable bonds is 5. The van der Waals surface area contributed by atoms with Crippen molar-refractivity contribution in [2.24, 2.45) is 5.92 Å². The van der Waals surface area contributed by atoms with Gasteiger partial charge >= 0.3 is 0 Å². The third-order valence-corrected chi connectivity index (χ3v) is 4.51. The van der Waals surface area contributed by atoms with Crippen molar-refractivity contribution in [1.29, 1.82) is 0 Å². The maximum atomic E-state index is 14.6. The van der Waals surface area contributed by atoms with Crippen LogP contribution in [0.3, 0.4) is 0 Å². The number of hydrogen-bond donors (Lipinski definition) is 0. The lowest BCUT2D eigenvalue weighted by atomic mass is 9.86. The normalized spacial score (nSPS) is 23.3. The van der Waals surface area contributed by atoms with E-state index in [4.69, 9.17) is 16.3 Å². The first kappa shape index (κ1) is 16.6. The van der Waals surface area contributed by atoms with Gasteiger partial charge in [0.15, 0.2) is 5.06 Å². The van der Waals surface area contributed by atoms with Crippen LogP contribution in [0.4, 0.5) is 4.39 Å². The molecule has 2 nitrogen and oxygen atoms in total. The Morgan fingerprint density at radius 2 is 1.71 bits per heavy atom. The first-order chi connectivity index (χ1) is 11.6. The molecule has 3 rings (SSSR count). The summed E-state index contributed by atoms with van der Waals surface area (Å²) in [5.41, 5.74) is 1.67. The largest absolute Gasteiger partial charge is 0.350 e. The fourth-order valence-corrected chi connectivity index (χ4v) is 3.11. The molecule has 0 N–H and O–H groups in total. The molecule has 0 heterocycles. The third-order valence-electron chi connectivity index (χ3n) is 3.96. The van der Waals surface area contributed by atoms with Crippen LogP contribution in [0.2, 0.25) is 0 Å². The zero-order chi connectivity index (χ0) is 17.0. The molecule has 0 saturated heterocycles. The molecule has 2 aromatic rings. The van der Waals surface area contributed by atoms with Crippen LogP contribution < -0.4 is 0 Å². The zero-order valence-electron chi connectivity index (χ0n) is 12.9. The standard InChI is InChI=1S/C20H16ClFO2/c21-20(24-14-15-7-3-1-4-8-15)17(13-23)11-12-18(22)19(20)16-9-5-2-6-10-16/h1-13,17H,14H2. The van der Waals surface area contributed by atoms with E-state index in [0.29, 0.717) is 11.8 Å². The van der Waals surface area contributed by atoms with Crippen molar-refractivity contribution >= 4 is 23.5 Å². The van der Waals surface area contributed by atoms with E-state index in [9.17, 15) is 9.18 Å². The number of benzene rings is 2. The molecule has 122 valence electrons. The lowest BCUT2D eigenvalue weighted by Crippen LogP contribution is -2.38. The SMILES string of the molecule is O=CC1C=CC(F)=C(c2ccccc2)C1(Cl)OCc1ccccc1. The number of alkyl halides is 1. The molecular formula is C20H16ClFO2. The van der Waals surface area contributed by atoms with Gasteiger partial charge in [-0.15, -0.1) is 0 Å². The van der Waals surface area contributed by atoms with Crippen LogP contribution in [-0.4, -0.2) is 11.3 Å². The van der Waals surface area contributed by atoms with Gasteiger partial charge in [-0.3, -0.25) is 0 Å². The highest BCUT2D eigenvalue weighted by molar-refractivity contribution is 6.31. The highest BCUT2D eigenvalue weighted by atomic mass is 35.5. The number of carbonyl (C=O) groups excluding carboxylic acids is 1. The van der Waals surface area contributed by atoms with Crippen LogP contribution in [0, 0.1) is 5.92 Å². The smallest absolute Gasteiger partial charge is 0.184 e. The van der Waals surface area contributed by atoms with E-state index >= 15 is 0 Å². The van der Waals surface area contributed by atoms with E-state index in [0.717, 1.165) is 5.56 Å². The zero-order valence-corrected chi connectivity index (χ0v) is 13.6. The maximum absolute atomic E-state index is 14.6. The monoisotopic (exact) mass is 342 g/mol. The van der Waals surface area contributed by atoms with Crippen LogP contribution in [0.25, 0.3) is 5.57 Å². The molecule has 4 heteroatoms. The topological polar surface area (TPSA) is 26.3 Å².